The molecule has 2 heteroatoms. The molecule has 1 aliphatic carbocycles. The number of esters is 1. The summed E-state index contributed by atoms with van der Waals surface area (Å²) in [6.45, 7) is 2.25. The number of benzene rings is 1. The molecule has 0 amide bonds. The highest BCUT2D eigenvalue weighted by Crippen LogP contribution is 2.33. The number of hydrogen-bond acceptors (Lipinski definition) is 2. The molecule has 0 aromatic heterocycles. The van der Waals surface area contributed by atoms with Crippen molar-refractivity contribution in [2.75, 3.05) is 6.61 Å². The lowest BCUT2D eigenvalue weighted by atomic mass is 9.83. The molecule has 0 radical (unpaired) electrons. The lowest BCUT2D eigenvalue weighted by molar-refractivity contribution is -0.137. The predicted molar refractivity (Wildman–Crippen MR) is 54.8 cm³/mol. The number of allylic oxidation sites excluding steroid dienone is 1. The topological polar surface area (TPSA) is 26.3 Å². The molecule has 1 aromatic carbocycles. The second-order valence-corrected chi connectivity index (χ2v) is 3.26. The zero-order valence-electron chi connectivity index (χ0n) is 8.12. The highest BCUT2D eigenvalue weighted by atomic mass is 16.5. The van der Waals surface area contributed by atoms with Crippen molar-refractivity contribution in [2.45, 2.75) is 13.3 Å². The lowest BCUT2D eigenvalue weighted by Crippen LogP contribution is -2.10. The van der Waals surface area contributed by atoms with Crippen LogP contribution in [0.3, 0.4) is 0 Å². The number of carbonyl (C=O) groups excluding carboxylic acids is 1. The van der Waals surface area contributed by atoms with Crippen molar-refractivity contribution in [1.82, 2.24) is 0 Å². The van der Waals surface area contributed by atoms with E-state index in [4.69, 9.17) is 4.74 Å². The van der Waals surface area contributed by atoms with Crippen molar-refractivity contribution in [3.8, 4) is 0 Å². The van der Waals surface area contributed by atoms with Gasteiger partial charge < -0.3 is 4.74 Å². The standard InChI is InChI=1S/C12H12O2/c1-2-14-12(13)8-10-7-9-5-3-4-6-11(9)10/h3-6,8H,2,7H2,1H3. The molecule has 0 spiro atoms. The van der Waals surface area contributed by atoms with Gasteiger partial charge in [-0.3, -0.25) is 0 Å². The van der Waals surface area contributed by atoms with E-state index in [1.54, 1.807) is 6.08 Å². The summed E-state index contributed by atoms with van der Waals surface area (Å²) in [4.78, 5) is 11.2. The molecule has 2 nitrogen and oxygen atoms in total. The van der Waals surface area contributed by atoms with Crippen LogP contribution in [0.2, 0.25) is 0 Å². The van der Waals surface area contributed by atoms with Crippen molar-refractivity contribution in [2.24, 2.45) is 0 Å². The second-order valence-electron chi connectivity index (χ2n) is 3.26. The average molecular weight is 188 g/mol. The number of fused-ring (bicyclic) bond motifs is 1. The summed E-state index contributed by atoms with van der Waals surface area (Å²) in [5.41, 5.74) is 3.57. The van der Waals surface area contributed by atoms with Crippen molar-refractivity contribution in [1.29, 1.82) is 0 Å². The maximum Gasteiger partial charge on any atom is 0.331 e. The van der Waals surface area contributed by atoms with Gasteiger partial charge in [-0.05, 0) is 30.0 Å². The third-order valence-corrected chi connectivity index (χ3v) is 2.32. The SMILES string of the molecule is CCOC(=O)C=C1Cc2ccccc21. The van der Waals surface area contributed by atoms with Gasteiger partial charge in [-0.1, -0.05) is 24.3 Å². The molecular formula is C12H12O2. The van der Waals surface area contributed by atoms with Crippen molar-refractivity contribution < 1.29 is 9.53 Å². The summed E-state index contributed by atoms with van der Waals surface area (Å²) < 4.78 is 4.85. The fraction of sp³-hybridized carbons (Fsp3) is 0.250. The average Bonchev–Trinajstić information content (AvgIpc) is 2.15. The third-order valence-electron chi connectivity index (χ3n) is 2.32. The van der Waals surface area contributed by atoms with E-state index in [0.717, 1.165) is 12.0 Å². The minimum absolute atomic E-state index is 0.239. The molecule has 0 saturated carbocycles. The van der Waals surface area contributed by atoms with Crippen molar-refractivity contribution in [3.63, 3.8) is 0 Å². The molecule has 1 aliphatic rings. The molecule has 14 heavy (non-hydrogen) atoms. The normalized spacial score (nSPS) is 15.9. The first-order valence-corrected chi connectivity index (χ1v) is 4.77. The Morgan fingerprint density at radius 2 is 2.29 bits per heavy atom. The van der Waals surface area contributed by atoms with Crippen LogP contribution in [0.5, 0.6) is 0 Å². The molecule has 0 heterocycles. The first kappa shape index (κ1) is 9.00. The van der Waals surface area contributed by atoms with Gasteiger partial charge in [0.25, 0.3) is 0 Å². The minimum atomic E-state index is -0.239. The smallest absolute Gasteiger partial charge is 0.331 e. The fourth-order valence-corrected chi connectivity index (χ4v) is 1.64. The quantitative estimate of drug-likeness (QED) is 0.525. The molecule has 1 aromatic rings. The zero-order chi connectivity index (χ0) is 9.97. The largest absolute Gasteiger partial charge is 0.463 e. The van der Waals surface area contributed by atoms with E-state index in [2.05, 4.69) is 6.07 Å². The summed E-state index contributed by atoms with van der Waals surface area (Å²) >= 11 is 0. The van der Waals surface area contributed by atoms with Crippen LogP contribution in [0.15, 0.2) is 30.3 Å². The molecule has 2 rings (SSSR count). The van der Waals surface area contributed by atoms with Crippen LogP contribution in [-0.2, 0) is 16.0 Å². The van der Waals surface area contributed by atoms with E-state index >= 15 is 0 Å². The highest BCUT2D eigenvalue weighted by Gasteiger charge is 2.19. The maximum atomic E-state index is 11.2. The van der Waals surface area contributed by atoms with Crippen LogP contribution in [-0.4, -0.2) is 12.6 Å². The number of hydrogen-bond donors (Lipinski definition) is 0. The van der Waals surface area contributed by atoms with Gasteiger partial charge in [0.1, 0.15) is 0 Å². The molecule has 0 atom stereocenters. The van der Waals surface area contributed by atoms with E-state index in [1.165, 1.54) is 11.1 Å². The Morgan fingerprint density at radius 3 is 3.00 bits per heavy atom. The Hall–Kier alpha value is -1.57. The minimum Gasteiger partial charge on any atom is -0.463 e. The van der Waals surface area contributed by atoms with Gasteiger partial charge in [-0.25, -0.2) is 4.79 Å². The fourth-order valence-electron chi connectivity index (χ4n) is 1.64. The Kier molecular flexibility index (Phi) is 2.35. The first-order valence-electron chi connectivity index (χ1n) is 4.77. The van der Waals surface area contributed by atoms with Crippen LogP contribution >= 0.6 is 0 Å². The van der Waals surface area contributed by atoms with Crippen molar-refractivity contribution in [3.05, 3.63) is 41.5 Å². The van der Waals surface area contributed by atoms with E-state index in [1.807, 2.05) is 25.1 Å². The summed E-state index contributed by atoms with van der Waals surface area (Å²) in [7, 11) is 0. The number of carbonyl (C=O) groups is 1. The number of rotatable bonds is 2. The molecule has 72 valence electrons. The van der Waals surface area contributed by atoms with E-state index in [0.29, 0.717) is 6.61 Å². The van der Waals surface area contributed by atoms with Gasteiger partial charge in [0.15, 0.2) is 0 Å². The Labute approximate surface area is 83.2 Å². The van der Waals surface area contributed by atoms with Crippen LogP contribution in [0.25, 0.3) is 5.57 Å². The van der Waals surface area contributed by atoms with Crippen LogP contribution < -0.4 is 0 Å². The summed E-state index contributed by atoms with van der Waals surface area (Å²) in [6.07, 6.45) is 2.47. The van der Waals surface area contributed by atoms with Gasteiger partial charge in [0.05, 0.1) is 6.61 Å². The molecule has 0 saturated heterocycles. The van der Waals surface area contributed by atoms with Gasteiger partial charge in [0.2, 0.25) is 0 Å². The molecule has 0 bridgehead atoms. The third kappa shape index (κ3) is 1.55. The zero-order valence-corrected chi connectivity index (χ0v) is 8.12. The predicted octanol–water partition coefficient (Wildman–Crippen LogP) is 2.19. The Bertz CT molecular complexity index is 391. The highest BCUT2D eigenvalue weighted by molar-refractivity contribution is 5.95. The van der Waals surface area contributed by atoms with Gasteiger partial charge in [-0.2, -0.15) is 0 Å². The Balaban J connectivity index is 2.15. The molecule has 0 unspecified atom stereocenters. The lowest BCUT2D eigenvalue weighted by Gasteiger charge is -2.21. The molecular weight excluding hydrogens is 176 g/mol. The van der Waals surface area contributed by atoms with E-state index in [-0.39, 0.29) is 5.97 Å². The summed E-state index contributed by atoms with van der Waals surface area (Å²) in [5.74, 6) is -0.239. The summed E-state index contributed by atoms with van der Waals surface area (Å²) in [6, 6.07) is 8.11. The maximum absolute atomic E-state index is 11.2. The van der Waals surface area contributed by atoms with Crippen LogP contribution in [0.4, 0.5) is 0 Å². The molecule has 0 N–H and O–H groups in total. The van der Waals surface area contributed by atoms with Crippen LogP contribution in [0, 0.1) is 0 Å². The van der Waals surface area contributed by atoms with E-state index in [9.17, 15) is 4.79 Å². The monoisotopic (exact) mass is 188 g/mol. The number of ether oxygens (including phenoxy) is 1. The Morgan fingerprint density at radius 1 is 1.50 bits per heavy atom. The molecule has 0 fully saturated rings. The van der Waals surface area contributed by atoms with Crippen molar-refractivity contribution >= 4 is 11.5 Å². The van der Waals surface area contributed by atoms with Crippen LogP contribution in [0.1, 0.15) is 18.1 Å². The van der Waals surface area contributed by atoms with E-state index < -0.39 is 0 Å². The first-order chi connectivity index (χ1) is 6.81. The van der Waals surface area contributed by atoms with Gasteiger partial charge in [0, 0.05) is 6.08 Å². The second kappa shape index (κ2) is 3.66. The van der Waals surface area contributed by atoms with Gasteiger partial charge in [-0.15, -0.1) is 0 Å². The molecule has 0 aliphatic heterocycles. The summed E-state index contributed by atoms with van der Waals surface area (Å²) in [5, 5.41) is 0. The van der Waals surface area contributed by atoms with Gasteiger partial charge >= 0.3 is 5.97 Å².